The minimum absolute atomic E-state index is 0.324. The lowest BCUT2D eigenvalue weighted by molar-refractivity contribution is 0.106. The molecule has 1 unspecified atom stereocenters. The first kappa shape index (κ1) is 16.5. The third-order valence-electron chi connectivity index (χ3n) is 4.30. The lowest BCUT2D eigenvalue weighted by Crippen LogP contribution is -2.26. The van der Waals surface area contributed by atoms with Gasteiger partial charge in [-0.1, -0.05) is 57.9 Å². The van der Waals surface area contributed by atoms with E-state index >= 15 is 0 Å². The Kier molecular flexibility index (Phi) is 6.72. The van der Waals surface area contributed by atoms with Crippen molar-refractivity contribution < 1.29 is 4.74 Å². The van der Waals surface area contributed by atoms with Crippen molar-refractivity contribution in [1.29, 1.82) is 0 Å². The molecule has 1 aliphatic rings. The summed E-state index contributed by atoms with van der Waals surface area (Å²) in [6.07, 6.45) is 5.23. The molecular formula is C19H31NO. The Morgan fingerprint density at radius 3 is 2.38 bits per heavy atom. The van der Waals surface area contributed by atoms with E-state index in [0.29, 0.717) is 12.0 Å². The van der Waals surface area contributed by atoms with E-state index in [2.05, 4.69) is 50.4 Å². The van der Waals surface area contributed by atoms with Gasteiger partial charge in [0.1, 0.15) is 0 Å². The molecule has 0 aliphatic heterocycles. The highest BCUT2D eigenvalue weighted by Crippen LogP contribution is 2.32. The van der Waals surface area contributed by atoms with Gasteiger partial charge < -0.3 is 10.1 Å². The van der Waals surface area contributed by atoms with Crippen LogP contribution >= 0.6 is 0 Å². The molecule has 0 radical (unpaired) electrons. The van der Waals surface area contributed by atoms with Gasteiger partial charge in [0.25, 0.3) is 0 Å². The summed E-state index contributed by atoms with van der Waals surface area (Å²) in [7, 11) is 0. The third-order valence-corrected chi connectivity index (χ3v) is 4.30. The fourth-order valence-corrected chi connectivity index (χ4v) is 2.56. The van der Waals surface area contributed by atoms with Gasteiger partial charge in [0.05, 0.1) is 12.6 Å². The molecule has 0 bridgehead atoms. The van der Waals surface area contributed by atoms with Crippen LogP contribution in [0.1, 0.15) is 69.5 Å². The number of nitrogens with one attached hydrogen (secondary N) is 1. The van der Waals surface area contributed by atoms with Gasteiger partial charge in [0.2, 0.25) is 0 Å². The van der Waals surface area contributed by atoms with Crippen LogP contribution in [0.15, 0.2) is 24.3 Å². The summed E-state index contributed by atoms with van der Waals surface area (Å²) >= 11 is 0. The quantitative estimate of drug-likeness (QED) is 0.632. The number of benzene rings is 1. The summed E-state index contributed by atoms with van der Waals surface area (Å²) in [5.74, 6) is 1.55. The Bertz CT molecular complexity index is 395. The highest BCUT2D eigenvalue weighted by Gasteiger charge is 2.20. The van der Waals surface area contributed by atoms with Crippen LogP contribution in [-0.2, 0) is 4.74 Å². The van der Waals surface area contributed by atoms with Crippen LogP contribution < -0.4 is 5.32 Å². The second-order valence-corrected chi connectivity index (χ2v) is 6.64. The molecule has 0 spiro atoms. The standard InChI is InChI=1S/C19H31NO/c1-4-12-20-19(14-21-13-11-16-5-6-16)18-9-7-17(8-10-18)15(2)3/h7-10,15-16,19-20H,4-6,11-14H2,1-3H3. The molecule has 2 rings (SSSR count). The maximum atomic E-state index is 5.91. The van der Waals surface area contributed by atoms with Crippen molar-refractivity contribution in [2.45, 2.75) is 58.4 Å². The van der Waals surface area contributed by atoms with Crippen LogP contribution in [-0.4, -0.2) is 19.8 Å². The second kappa shape index (κ2) is 8.55. The van der Waals surface area contributed by atoms with Gasteiger partial charge in [-0.05, 0) is 42.3 Å². The number of hydrogen-bond donors (Lipinski definition) is 1. The smallest absolute Gasteiger partial charge is 0.0661 e. The van der Waals surface area contributed by atoms with Crippen molar-refractivity contribution >= 4 is 0 Å². The zero-order chi connectivity index (χ0) is 15.1. The van der Waals surface area contributed by atoms with Gasteiger partial charge in [-0.2, -0.15) is 0 Å². The average Bonchev–Trinajstić information content (AvgIpc) is 3.31. The highest BCUT2D eigenvalue weighted by molar-refractivity contribution is 5.27. The molecule has 1 N–H and O–H groups in total. The van der Waals surface area contributed by atoms with Gasteiger partial charge in [-0.15, -0.1) is 0 Å². The molecule has 1 saturated carbocycles. The Morgan fingerprint density at radius 2 is 1.81 bits per heavy atom. The van der Waals surface area contributed by atoms with E-state index in [1.165, 1.54) is 30.4 Å². The molecule has 1 atom stereocenters. The predicted molar refractivity (Wildman–Crippen MR) is 89.7 cm³/mol. The van der Waals surface area contributed by atoms with E-state index in [1.54, 1.807) is 0 Å². The zero-order valence-corrected chi connectivity index (χ0v) is 13.9. The van der Waals surface area contributed by atoms with Gasteiger partial charge in [-0.25, -0.2) is 0 Å². The monoisotopic (exact) mass is 289 g/mol. The highest BCUT2D eigenvalue weighted by atomic mass is 16.5. The fraction of sp³-hybridized carbons (Fsp3) is 0.684. The van der Waals surface area contributed by atoms with Gasteiger partial charge in [-0.3, -0.25) is 0 Å². The first-order valence-electron chi connectivity index (χ1n) is 8.61. The molecule has 1 aromatic rings. The largest absolute Gasteiger partial charge is 0.379 e. The van der Waals surface area contributed by atoms with Gasteiger partial charge >= 0.3 is 0 Å². The van der Waals surface area contributed by atoms with Crippen molar-refractivity contribution in [1.82, 2.24) is 5.32 Å². The van der Waals surface area contributed by atoms with Crippen LogP contribution in [0.3, 0.4) is 0 Å². The van der Waals surface area contributed by atoms with Gasteiger partial charge in [0.15, 0.2) is 0 Å². The fourth-order valence-electron chi connectivity index (χ4n) is 2.56. The minimum atomic E-state index is 0.324. The van der Waals surface area contributed by atoms with E-state index in [-0.39, 0.29) is 0 Å². The summed E-state index contributed by atoms with van der Waals surface area (Å²) < 4.78 is 5.91. The van der Waals surface area contributed by atoms with Crippen LogP contribution in [0, 0.1) is 5.92 Å². The molecule has 1 fully saturated rings. The molecule has 0 heterocycles. The van der Waals surface area contributed by atoms with Crippen LogP contribution in [0.2, 0.25) is 0 Å². The summed E-state index contributed by atoms with van der Waals surface area (Å²) in [6, 6.07) is 9.35. The van der Waals surface area contributed by atoms with Gasteiger partial charge in [0, 0.05) is 6.61 Å². The molecule has 1 aromatic carbocycles. The van der Waals surface area contributed by atoms with E-state index in [4.69, 9.17) is 4.74 Å². The number of rotatable bonds is 10. The summed E-state index contributed by atoms with van der Waals surface area (Å²) in [4.78, 5) is 0. The summed E-state index contributed by atoms with van der Waals surface area (Å²) in [6.45, 7) is 9.43. The van der Waals surface area contributed by atoms with Crippen molar-refractivity contribution in [2.24, 2.45) is 5.92 Å². The molecule has 2 heteroatoms. The SMILES string of the molecule is CCCNC(COCCC1CC1)c1ccc(C(C)C)cc1. The summed E-state index contributed by atoms with van der Waals surface area (Å²) in [5.41, 5.74) is 2.75. The molecule has 0 amide bonds. The molecule has 118 valence electrons. The molecule has 0 aromatic heterocycles. The Balaban J connectivity index is 1.86. The van der Waals surface area contributed by atoms with Crippen molar-refractivity contribution in [2.75, 3.05) is 19.8 Å². The lowest BCUT2D eigenvalue weighted by atomic mass is 9.99. The molecule has 0 saturated heterocycles. The van der Waals surface area contributed by atoms with E-state index < -0.39 is 0 Å². The van der Waals surface area contributed by atoms with Crippen LogP contribution in [0.25, 0.3) is 0 Å². The summed E-state index contributed by atoms with van der Waals surface area (Å²) in [5, 5.41) is 3.61. The molecule has 21 heavy (non-hydrogen) atoms. The van der Waals surface area contributed by atoms with E-state index in [0.717, 1.165) is 32.1 Å². The lowest BCUT2D eigenvalue weighted by Gasteiger charge is -2.20. The zero-order valence-electron chi connectivity index (χ0n) is 13.9. The normalized spacial score (nSPS) is 16.4. The predicted octanol–water partition coefficient (Wildman–Crippen LogP) is 4.67. The van der Waals surface area contributed by atoms with Crippen LogP contribution in [0.4, 0.5) is 0 Å². The molecule has 2 nitrogen and oxygen atoms in total. The average molecular weight is 289 g/mol. The van der Waals surface area contributed by atoms with Crippen molar-refractivity contribution in [3.05, 3.63) is 35.4 Å². The molecular weight excluding hydrogens is 258 g/mol. The number of ether oxygens (including phenoxy) is 1. The van der Waals surface area contributed by atoms with Crippen molar-refractivity contribution in [3.8, 4) is 0 Å². The Morgan fingerprint density at radius 1 is 1.14 bits per heavy atom. The van der Waals surface area contributed by atoms with Crippen LogP contribution in [0.5, 0.6) is 0 Å². The van der Waals surface area contributed by atoms with E-state index in [9.17, 15) is 0 Å². The minimum Gasteiger partial charge on any atom is -0.379 e. The maximum absolute atomic E-state index is 5.91. The molecule has 1 aliphatic carbocycles. The Labute approximate surface area is 130 Å². The Hall–Kier alpha value is -0.860. The maximum Gasteiger partial charge on any atom is 0.0661 e. The second-order valence-electron chi connectivity index (χ2n) is 6.64. The first-order valence-corrected chi connectivity index (χ1v) is 8.61. The van der Waals surface area contributed by atoms with Crippen molar-refractivity contribution in [3.63, 3.8) is 0 Å². The van der Waals surface area contributed by atoms with E-state index in [1.807, 2.05) is 0 Å². The first-order chi connectivity index (χ1) is 10.2. The topological polar surface area (TPSA) is 21.3 Å². The third kappa shape index (κ3) is 5.80. The number of hydrogen-bond acceptors (Lipinski definition) is 2.